The first-order chi connectivity index (χ1) is 8.52. The van der Waals surface area contributed by atoms with Gasteiger partial charge < -0.3 is 15.2 Å². The Balaban J connectivity index is 2.29. The van der Waals surface area contributed by atoms with Gasteiger partial charge in [0.05, 0.1) is 11.5 Å². The maximum absolute atomic E-state index is 11.8. The van der Waals surface area contributed by atoms with Gasteiger partial charge in [0.15, 0.2) is 9.84 Å². The molecule has 0 aromatic heterocycles. The Bertz CT molecular complexity index is 471. The minimum atomic E-state index is -3.35. The zero-order valence-corrected chi connectivity index (χ0v) is 10.5. The van der Waals surface area contributed by atoms with Crippen LogP contribution in [0.25, 0.3) is 0 Å². The molecule has 6 nitrogen and oxygen atoms in total. The van der Waals surface area contributed by atoms with E-state index in [2.05, 4.69) is 5.32 Å². The minimum Gasteiger partial charge on any atom is -0.480 e. The zero-order valence-electron chi connectivity index (χ0n) is 9.70. The third-order valence-corrected chi connectivity index (χ3v) is 3.62. The summed E-state index contributed by atoms with van der Waals surface area (Å²) in [7, 11) is -3.35. The van der Waals surface area contributed by atoms with Crippen LogP contribution in [-0.2, 0) is 19.4 Å². The molecule has 0 aliphatic rings. The molecule has 18 heavy (non-hydrogen) atoms. The molecule has 0 fully saturated rings. The molecule has 0 radical (unpaired) electrons. The number of carboxylic acids is 1. The smallest absolute Gasteiger partial charge is 0.329 e. The minimum absolute atomic E-state index is 0.149. The predicted molar refractivity (Wildman–Crippen MR) is 65.0 cm³/mol. The summed E-state index contributed by atoms with van der Waals surface area (Å²) in [5.74, 6) is -1.25. The van der Waals surface area contributed by atoms with Crippen molar-refractivity contribution >= 4 is 15.8 Å². The van der Waals surface area contributed by atoms with E-state index >= 15 is 0 Å². The van der Waals surface area contributed by atoms with E-state index in [0.29, 0.717) is 0 Å². The summed E-state index contributed by atoms with van der Waals surface area (Å²) in [6.07, 6.45) is 0. The molecule has 7 heteroatoms. The molecule has 0 amide bonds. The Labute approximate surface area is 106 Å². The molecular formula is C11H15NO5S. The summed E-state index contributed by atoms with van der Waals surface area (Å²) in [6, 6.07) is 8.10. The van der Waals surface area contributed by atoms with Crippen LogP contribution >= 0.6 is 0 Å². The lowest BCUT2D eigenvalue weighted by Gasteiger charge is -2.06. The number of carboxylic acid groups (broad SMARTS) is 1. The lowest BCUT2D eigenvalue weighted by molar-refractivity contribution is -0.142. The Morgan fingerprint density at radius 1 is 1.28 bits per heavy atom. The second kappa shape index (κ2) is 7.10. The molecule has 0 bridgehead atoms. The third kappa shape index (κ3) is 5.26. The largest absolute Gasteiger partial charge is 0.480 e. The van der Waals surface area contributed by atoms with Gasteiger partial charge in [0.2, 0.25) is 0 Å². The van der Waals surface area contributed by atoms with Crippen molar-refractivity contribution in [3.63, 3.8) is 0 Å². The molecule has 2 N–H and O–H groups in total. The molecule has 0 spiro atoms. The van der Waals surface area contributed by atoms with Crippen LogP contribution in [0.2, 0.25) is 0 Å². The first-order valence-electron chi connectivity index (χ1n) is 5.30. The predicted octanol–water partition coefficient (Wildman–Crippen LogP) is 0.109. The van der Waals surface area contributed by atoms with E-state index in [1.165, 1.54) is 12.1 Å². The Kier molecular flexibility index (Phi) is 5.76. The van der Waals surface area contributed by atoms with E-state index < -0.39 is 15.8 Å². The van der Waals surface area contributed by atoms with Gasteiger partial charge in [-0.05, 0) is 12.1 Å². The van der Waals surface area contributed by atoms with Crippen LogP contribution < -0.4 is 5.32 Å². The topological polar surface area (TPSA) is 92.7 Å². The number of nitrogens with one attached hydrogen (secondary N) is 1. The summed E-state index contributed by atoms with van der Waals surface area (Å²) in [5, 5.41) is 11.0. The van der Waals surface area contributed by atoms with E-state index in [1.54, 1.807) is 18.2 Å². The van der Waals surface area contributed by atoms with Gasteiger partial charge in [-0.1, -0.05) is 18.2 Å². The Morgan fingerprint density at radius 3 is 2.56 bits per heavy atom. The molecule has 0 saturated heterocycles. The van der Waals surface area contributed by atoms with Crippen LogP contribution in [0.3, 0.4) is 0 Å². The third-order valence-electron chi connectivity index (χ3n) is 2.04. The number of hydrogen-bond donors (Lipinski definition) is 2. The monoisotopic (exact) mass is 273 g/mol. The van der Waals surface area contributed by atoms with Crippen molar-refractivity contribution in [2.75, 3.05) is 25.6 Å². The average Bonchev–Trinajstić information content (AvgIpc) is 2.34. The number of ether oxygens (including phenoxy) is 1. The van der Waals surface area contributed by atoms with Gasteiger partial charge in [-0.2, -0.15) is 0 Å². The van der Waals surface area contributed by atoms with Gasteiger partial charge in [0, 0.05) is 6.54 Å². The fourth-order valence-corrected chi connectivity index (χ4v) is 2.37. The van der Waals surface area contributed by atoms with Gasteiger partial charge in [0.1, 0.15) is 12.5 Å². The number of aliphatic carboxylic acids is 1. The van der Waals surface area contributed by atoms with Crippen molar-refractivity contribution in [1.82, 2.24) is 5.32 Å². The standard InChI is InChI=1S/C11H15NO5S/c13-11(14)8-17-7-6-12-9-18(15,16)10-4-2-1-3-5-10/h1-5,12H,6-9H2,(H,13,14). The first-order valence-corrected chi connectivity index (χ1v) is 6.95. The van der Waals surface area contributed by atoms with Crippen LogP contribution in [0, 0.1) is 0 Å². The van der Waals surface area contributed by atoms with Gasteiger partial charge >= 0.3 is 5.97 Å². The summed E-state index contributed by atoms with van der Waals surface area (Å²) in [4.78, 5) is 10.4. The average molecular weight is 273 g/mol. The van der Waals surface area contributed by atoms with Crippen molar-refractivity contribution in [2.45, 2.75) is 4.90 Å². The highest BCUT2D eigenvalue weighted by molar-refractivity contribution is 7.91. The maximum Gasteiger partial charge on any atom is 0.329 e. The van der Waals surface area contributed by atoms with Crippen molar-refractivity contribution in [3.8, 4) is 0 Å². The second-order valence-electron chi connectivity index (χ2n) is 3.52. The fraction of sp³-hybridized carbons (Fsp3) is 0.364. The van der Waals surface area contributed by atoms with Crippen LogP contribution in [0.15, 0.2) is 35.2 Å². The van der Waals surface area contributed by atoms with Gasteiger partial charge in [-0.15, -0.1) is 0 Å². The highest BCUT2D eigenvalue weighted by atomic mass is 32.2. The van der Waals surface area contributed by atoms with Gasteiger partial charge in [-0.3, -0.25) is 0 Å². The molecule has 100 valence electrons. The van der Waals surface area contributed by atoms with E-state index in [1.807, 2.05) is 0 Å². The molecule has 1 rings (SSSR count). The van der Waals surface area contributed by atoms with E-state index in [0.717, 1.165) is 0 Å². The fourth-order valence-electron chi connectivity index (χ4n) is 1.22. The van der Waals surface area contributed by atoms with Crippen molar-refractivity contribution in [2.24, 2.45) is 0 Å². The lowest BCUT2D eigenvalue weighted by atomic mass is 10.4. The molecule has 0 aliphatic carbocycles. The molecule has 0 aliphatic heterocycles. The molecule has 0 heterocycles. The van der Waals surface area contributed by atoms with Crippen molar-refractivity contribution in [3.05, 3.63) is 30.3 Å². The summed E-state index contributed by atoms with van der Waals surface area (Å²) >= 11 is 0. The normalized spacial score (nSPS) is 11.3. The molecule has 0 saturated carbocycles. The highest BCUT2D eigenvalue weighted by Crippen LogP contribution is 2.08. The first kappa shape index (κ1) is 14.6. The summed E-state index contributed by atoms with van der Waals surface area (Å²) in [5.41, 5.74) is 0. The van der Waals surface area contributed by atoms with Crippen molar-refractivity contribution < 1.29 is 23.1 Å². The molecular weight excluding hydrogens is 258 g/mol. The molecule has 1 aromatic rings. The van der Waals surface area contributed by atoms with Gasteiger partial charge in [0.25, 0.3) is 0 Å². The quantitative estimate of drug-likeness (QED) is 0.653. The van der Waals surface area contributed by atoms with E-state index in [-0.39, 0.29) is 30.5 Å². The highest BCUT2D eigenvalue weighted by Gasteiger charge is 2.12. The van der Waals surface area contributed by atoms with E-state index in [4.69, 9.17) is 9.84 Å². The number of sulfone groups is 1. The molecule has 1 aromatic carbocycles. The Morgan fingerprint density at radius 2 is 1.94 bits per heavy atom. The molecule has 0 atom stereocenters. The number of carbonyl (C=O) groups is 1. The van der Waals surface area contributed by atoms with Crippen LogP contribution in [-0.4, -0.2) is 45.1 Å². The summed E-state index contributed by atoms with van der Waals surface area (Å²) in [6.45, 7) is 0.0447. The Hall–Kier alpha value is -1.44. The van der Waals surface area contributed by atoms with Crippen LogP contribution in [0.5, 0.6) is 0 Å². The maximum atomic E-state index is 11.8. The number of benzene rings is 1. The van der Waals surface area contributed by atoms with Crippen molar-refractivity contribution in [1.29, 1.82) is 0 Å². The van der Waals surface area contributed by atoms with Crippen LogP contribution in [0.1, 0.15) is 0 Å². The zero-order chi connectivity index (χ0) is 13.4. The summed E-state index contributed by atoms with van der Waals surface area (Å²) < 4.78 is 28.3. The SMILES string of the molecule is O=C(O)COCCNCS(=O)(=O)c1ccccc1. The second-order valence-corrected chi connectivity index (χ2v) is 5.51. The van der Waals surface area contributed by atoms with E-state index in [9.17, 15) is 13.2 Å². The number of rotatable bonds is 8. The van der Waals surface area contributed by atoms with Gasteiger partial charge in [-0.25, -0.2) is 13.2 Å². The number of hydrogen-bond acceptors (Lipinski definition) is 5. The lowest BCUT2D eigenvalue weighted by Crippen LogP contribution is -2.27. The molecule has 0 unspecified atom stereocenters. The van der Waals surface area contributed by atoms with Crippen LogP contribution in [0.4, 0.5) is 0 Å².